The van der Waals surface area contributed by atoms with Crippen molar-refractivity contribution in [2.75, 3.05) is 6.54 Å². The van der Waals surface area contributed by atoms with Crippen LogP contribution in [0.25, 0.3) is 0 Å². The summed E-state index contributed by atoms with van der Waals surface area (Å²) in [5, 5.41) is 9.21. The molecule has 0 spiro atoms. The van der Waals surface area contributed by atoms with Gasteiger partial charge in [0, 0.05) is 12.6 Å². The Kier molecular flexibility index (Phi) is 4.52. The van der Waals surface area contributed by atoms with Crippen LogP contribution < -0.4 is 0 Å². The van der Waals surface area contributed by atoms with Gasteiger partial charge in [0.2, 0.25) is 10.0 Å². The van der Waals surface area contributed by atoms with E-state index >= 15 is 0 Å². The van der Waals surface area contributed by atoms with Crippen molar-refractivity contribution in [2.45, 2.75) is 51.2 Å². The Labute approximate surface area is 121 Å². The summed E-state index contributed by atoms with van der Waals surface area (Å²) in [6.45, 7) is 6.07. The van der Waals surface area contributed by atoms with Gasteiger partial charge in [0.05, 0.1) is 11.5 Å². The summed E-state index contributed by atoms with van der Waals surface area (Å²) in [6.07, 6.45) is 2.24. The second-order valence-corrected chi connectivity index (χ2v) is 7.73. The fraction of sp³-hybridized carbons (Fsp3) is 0.600. The van der Waals surface area contributed by atoms with Crippen LogP contribution in [0.1, 0.15) is 37.8 Å². The molecule has 1 aliphatic carbocycles. The molecular weight excluding hydrogens is 274 g/mol. The molecule has 1 saturated carbocycles. The number of aliphatic hydroxyl groups excluding tert-OH is 1. The Hall–Kier alpha value is -0.910. The fourth-order valence-corrected chi connectivity index (χ4v) is 4.28. The van der Waals surface area contributed by atoms with Gasteiger partial charge in [-0.3, -0.25) is 0 Å². The van der Waals surface area contributed by atoms with Crippen LogP contribution >= 0.6 is 0 Å². The molecular formula is C15H23NO3S. The van der Waals surface area contributed by atoms with Crippen LogP contribution in [0.4, 0.5) is 0 Å². The maximum atomic E-state index is 12.9. The van der Waals surface area contributed by atoms with Gasteiger partial charge < -0.3 is 5.11 Å². The van der Waals surface area contributed by atoms with Crippen LogP contribution in [0.15, 0.2) is 23.1 Å². The third-order valence-corrected chi connectivity index (χ3v) is 5.92. The van der Waals surface area contributed by atoms with E-state index in [-0.39, 0.29) is 12.6 Å². The summed E-state index contributed by atoms with van der Waals surface area (Å²) in [5.74, 6) is 0.508. The summed E-state index contributed by atoms with van der Waals surface area (Å²) < 4.78 is 27.3. The molecule has 1 aromatic rings. The molecule has 112 valence electrons. The number of hydrogen-bond acceptors (Lipinski definition) is 3. The summed E-state index contributed by atoms with van der Waals surface area (Å²) in [4.78, 5) is 0.318. The van der Waals surface area contributed by atoms with Crippen molar-refractivity contribution in [1.82, 2.24) is 4.31 Å². The minimum atomic E-state index is -3.50. The van der Waals surface area contributed by atoms with Gasteiger partial charge in [-0.25, -0.2) is 8.42 Å². The Bertz CT molecular complexity index is 577. The van der Waals surface area contributed by atoms with Crippen LogP contribution in [-0.4, -0.2) is 30.4 Å². The molecule has 1 fully saturated rings. The number of aliphatic hydroxyl groups is 1. The van der Waals surface area contributed by atoms with Gasteiger partial charge in [0.1, 0.15) is 0 Å². The van der Waals surface area contributed by atoms with E-state index < -0.39 is 10.0 Å². The van der Waals surface area contributed by atoms with Crippen LogP contribution in [0.5, 0.6) is 0 Å². The van der Waals surface area contributed by atoms with E-state index in [4.69, 9.17) is 0 Å². The quantitative estimate of drug-likeness (QED) is 0.876. The highest BCUT2D eigenvalue weighted by molar-refractivity contribution is 7.89. The first-order valence-corrected chi connectivity index (χ1v) is 8.52. The average molecular weight is 297 g/mol. The van der Waals surface area contributed by atoms with Crippen LogP contribution in [-0.2, 0) is 16.6 Å². The molecule has 0 saturated heterocycles. The number of sulfonamides is 1. The summed E-state index contributed by atoms with van der Waals surface area (Å²) in [6, 6.07) is 5.05. The zero-order chi connectivity index (χ0) is 14.9. The highest BCUT2D eigenvalue weighted by Gasteiger charge is 2.34. The molecule has 0 radical (unpaired) electrons. The molecule has 5 heteroatoms. The Balaban J connectivity index is 2.40. The molecule has 2 rings (SSSR count). The minimum absolute atomic E-state index is 0.0576. The number of hydrogen-bond donors (Lipinski definition) is 1. The van der Waals surface area contributed by atoms with Gasteiger partial charge in [0.25, 0.3) is 0 Å². The standard InChI is InChI=1S/C15H23NO3S/c1-11(2)16(9-13-6-7-13)20(18,19)15-8-14(10-17)5-4-12(15)3/h4-5,8,11,13,17H,6-7,9-10H2,1-3H3. The molecule has 1 N–H and O–H groups in total. The zero-order valence-corrected chi connectivity index (χ0v) is 13.2. The van der Waals surface area contributed by atoms with E-state index in [0.29, 0.717) is 22.9 Å². The number of aryl methyl sites for hydroxylation is 1. The Morgan fingerprint density at radius 1 is 1.35 bits per heavy atom. The molecule has 4 nitrogen and oxygen atoms in total. The van der Waals surface area contributed by atoms with Gasteiger partial charge in [-0.2, -0.15) is 4.31 Å². The lowest BCUT2D eigenvalue weighted by atomic mass is 10.2. The minimum Gasteiger partial charge on any atom is -0.392 e. The van der Waals surface area contributed by atoms with Gasteiger partial charge in [-0.15, -0.1) is 0 Å². The maximum Gasteiger partial charge on any atom is 0.243 e. The second-order valence-electron chi connectivity index (χ2n) is 5.87. The monoisotopic (exact) mass is 297 g/mol. The topological polar surface area (TPSA) is 57.6 Å². The maximum absolute atomic E-state index is 12.9. The number of rotatable bonds is 6. The lowest BCUT2D eigenvalue weighted by Crippen LogP contribution is -2.38. The van der Waals surface area contributed by atoms with Gasteiger partial charge >= 0.3 is 0 Å². The third-order valence-electron chi connectivity index (χ3n) is 3.73. The molecule has 0 heterocycles. The average Bonchev–Trinajstić information content (AvgIpc) is 3.19. The first-order valence-electron chi connectivity index (χ1n) is 7.08. The molecule has 0 atom stereocenters. The van der Waals surface area contributed by atoms with Crippen molar-refractivity contribution in [2.24, 2.45) is 5.92 Å². The van der Waals surface area contributed by atoms with Crippen LogP contribution in [0.2, 0.25) is 0 Å². The SMILES string of the molecule is Cc1ccc(CO)cc1S(=O)(=O)N(CC1CC1)C(C)C. The second kappa shape index (κ2) is 5.84. The lowest BCUT2D eigenvalue weighted by Gasteiger charge is -2.26. The van der Waals surface area contributed by atoms with E-state index in [1.807, 2.05) is 13.8 Å². The van der Waals surface area contributed by atoms with E-state index in [1.165, 1.54) is 0 Å². The Morgan fingerprint density at radius 3 is 2.50 bits per heavy atom. The highest BCUT2D eigenvalue weighted by Crippen LogP contribution is 2.33. The first kappa shape index (κ1) is 15.5. The third kappa shape index (κ3) is 3.22. The van der Waals surface area contributed by atoms with E-state index in [2.05, 4.69) is 0 Å². The molecule has 0 bridgehead atoms. The fourth-order valence-electron chi connectivity index (χ4n) is 2.29. The van der Waals surface area contributed by atoms with Crippen molar-refractivity contribution in [1.29, 1.82) is 0 Å². The Morgan fingerprint density at radius 2 is 2.00 bits per heavy atom. The predicted octanol–water partition coefficient (Wildman–Crippen LogP) is 2.30. The number of nitrogens with zero attached hydrogens (tertiary/aromatic N) is 1. The molecule has 1 aromatic carbocycles. The van der Waals surface area contributed by atoms with E-state index in [1.54, 1.807) is 29.4 Å². The van der Waals surface area contributed by atoms with Crippen molar-refractivity contribution >= 4 is 10.0 Å². The van der Waals surface area contributed by atoms with Crippen molar-refractivity contribution in [3.8, 4) is 0 Å². The zero-order valence-electron chi connectivity index (χ0n) is 12.3. The lowest BCUT2D eigenvalue weighted by molar-refractivity contribution is 0.281. The molecule has 0 aromatic heterocycles. The number of benzene rings is 1. The first-order chi connectivity index (χ1) is 9.36. The predicted molar refractivity (Wildman–Crippen MR) is 78.9 cm³/mol. The van der Waals surface area contributed by atoms with Gasteiger partial charge in [0.15, 0.2) is 0 Å². The van der Waals surface area contributed by atoms with Crippen molar-refractivity contribution in [3.63, 3.8) is 0 Å². The molecule has 1 aliphatic rings. The van der Waals surface area contributed by atoms with Crippen molar-refractivity contribution < 1.29 is 13.5 Å². The summed E-state index contributed by atoms with van der Waals surface area (Å²) in [5.41, 5.74) is 1.35. The normalized spacial score (nSPS) is 16.1. The van der Waals surface area contributed by atoms with E-state index in [0.717, 1.165) is 18.4 Å². The van der Waals surface area contributed by atoms with Crippen LogP contribution in [0, 0.1) is 12.8 Å². The molecule has 0 aliphatic heterocycles. The summed E-state index contributed by atoms with van der Waals surface area (Å²) in [7, 11) is -3.50. The van der Waals surface area contributed by atoms with E-state index in [9.17, 15) is 13.5 Å². The molecule has 0 unspecified atom stereocenters. The van der Waals surface area contributed by atoms with Gasteiger partial charge in [-0.1, -0.05) is 12.1 Å². The largest absolute Gasteiger partial charge is 0.392 e. The molecule has 20 heavy (non-hydrogen) atoms. The molecule has 0 amide bonds. The smallest absolute Gasteiger partial charge is 0.243 e. The van der Waals surface area contributed by atoms with Crippen molar-refractivity contribution in [3.05, 3.63) is 29.3 Å². The van der Waals surface area contributed by atoms with Gasteiger partial charge in [-0.05, 0) is 56.7 Å². The van der Waals surface area contributed by atoms with Crippen LogP contribution in [0.3, 0.4) is 0 Å². The summed E-state index contributed by atoms with van der Waals surface area (Å²) >= 11 is 0. The highest BCUT2D eigenvalue weighted by atomic mass is 32.2.